The van der Waals surface area contributed by atoms with E-state index >= 15 is 0 Å². The van der Waals surface area contributed by atoms with Gasteiger partial charge in [-0.2, -0.15) is 0 Å². The zero-order valence-electron chi connectivity index (χ0n) is 11.4. The van der Waals surface area contributed by atoms with E-state index in [1.54, 1.807) is 16.8 Å². The SMILES string of the molecule is CCOc1ccccc1-n1nnc(C=O)c1-c1ccco1. The largest absolute Gasteiger partial charge is 0.492 e. The molecule has 6 heteroatoms. The number of aromatic nitrogens is 3. The fourth-order valence-corrected chi connectivity index (χ4v) is 2.10. The first-order valence-electron chi connectivity index (χ1n) is 6.52. The lowest BCUT2D eigenvalue weighted by Gasteiger charge is -2.11. The quantitative estimate of drug-likeness (QED) is 0.673. The molecule has 2 heterocycles. The summed E-state index contributed by atoms with van der Waals surface area (Å²) in [5.41, 5.74) is 1.42. The molecule has 1 aromatic carbocycles. The maximum atomic E-state index is 11.2. The third-order valence-corrected chi connectivity index (χ3v) is 2.96. The number of hydrogen-bond acceptors (Lipinski definition) is 5. The van der Waals surface area contributed by atoms with Crippen molar-refractivity contribution in [3.8, 4) is 22.9 Å². The van der Waals surface area contributed by atoms with Crippen molar-refractivity contribution < 1.29 is 13.9 Å². The van der Waals surface area contributed by atoms with Crippen molar-refractivity contribution in [2.75, 3.05) is 6.61 Å². The predicted molar refractivity (Wildman–Crippen MR) is 75.6 cm³/mol. The van der Waals surface area contributed by atoms with Crippen LogP contribution in [0.25, 0.3) is 17.1 Å². The molecule has 0 saturated heterocycles. The lowest BCUT2D eigenvalue weighted by Crippen LogP contribution is -2.03. The van der Waals surface area contributed by atoms with Gasteiger partial charge in [0.2, 0.25) is 0 Å². The summed E-state index contributed by atoms with van der Waals surface area (Å²) in [6.45, 7) is 2.44. The highest BCUT2D eigenvalue weighted by atomic mass is 16.5. The minimum absolute atomic E-state index is 0.219. The summed E-state index contributed by atoms with van der Waals surface area (Å²) >= 11 is 0. The van der Waals surface area contributed by atoms with Crippen molar-refractivity contribution in [3.05, 3.63) is 48.4 Å². The maximum Gasteiger partial charge on any atom is 0.172 e. The van der Waals surface area contributed by atoms with Crippen molar-refractivity contribution >= 4 is 6.29 Å². The molecule has 0 bridgehead atoms. The van der Waals surface area contributed by atoms with Crippen molar-refractivity contribution in [1.82, 2.24) is 15.0 Å². The van der Waals surface area contributed by atoms with Gasteiger partial charge in [-0.05, 0) is 31.2 Å². The predicted octanol–water partition coefficient (Wildman–Crippen LogP) is 2.74. The Bertz CT molecular complexity index is 747. The number of aldehydes is 1. The number of furan rings is 1. The van der Waals surface area contributed by atoms with E-state index in [4.69, 9.17) is 9.15 Å². The van der Waals surface area contributed by atoms with Crippen molar-refractivity contribution in [2.45, 2.75) is 6.92 Å². The highest BCUT2D eigenvalue weighted by Crippen LogP contribution is 2.29. The molecule has 0 fully saturated rings. The Labute approximate surface area is 121 Å². The second kappa shape index (κ2) is 5.62. The van der Waals surface area contributed by atoms with Crippen LogP contribution in [0.1, 0.15) is 17.4 Å². The average Bonchev–Trinajstić information content (AvgIpc) is 3.16. The molecule has 21 heavy (non-hydrogen) atoms. The van der Waals surface area contributed by atoms with E-state index in [1.807, 2.05) is 31.2 Å². The number of para-hydroxylation sites is 2. The van der Waals surface area contributed by atoms with Crippen LogP contribution in [0.3, 0.4) is 0 Å². The molecule has 0 spiro atoms. The van der Waals surface area contributed by atoms with Gasteiger partial charge in [0, 0.05) is 0 Å². The molecule has 0 atom stereocenters. The summed E-state index contributed by atoms with van der Waals surface area (Å²) in [6.07, 6.45) is 2.19. The highest BCUT2D eigenvalue weighted by Gasteiger charge is 2.20. The first-order valence-corrected chi connectivity index (χ1v) is 6.52. The molecule has 0 saturated carbocycles. The van der Waals surface area contributed by atoms with Crippen LogP contribution < -0.4 is 4.74 Å². The number of carbonyl (C=O) groups is 1. The molecule has 106 valence electrons. The van der Waals surface area contributed by atoms with Gasteiger partial charge in [-0.3, -0.25) is 4.79 Å². The fraction of sp³-hybridized carbons (Fsp3) is 0.133. The average molecular weight is 283 g/mol. The molecular weight excluding hydrogens is 270 g/mol. The molecule has 0 N–H and O–H groups in total. The Kier molecular flexibility index (Phi) is 3.51. The minimum atomic E-state index is 0.219. The van der Waals surface area contributed by atoms with E-state index in [0.717, 1.165) is 0 Å². The Morgan fingerprint density at radius 3 is 2.86 bits per heavy atom. The molecule has 0 radical (unpaired) electrons. The first kappa shape index (κ1) is 13.1. The molecule has 0 amide bonds. The van der Waals surface area contributed by atoms with Crippen LogP contribution in [0.15, 0.2) is 47.1 Å². The van der Waals surface area contributed by atoms with Crippen LogP contribution in [0.2, 0.25) is 0 Å². The smallest absolute Gasteiger partial charge is 0.172 e. The summed E-state index contributed by atoms with van der Waals surface area (Å²) in [6, 6.07) is 10.9. The van der Waals surface area contributed by atoms with Crippen molar-refractivity contribution in [1.29, 1.82) is 0 Å². The third-order valence-electron chi connectivity index (χ3n) is 2.96. The van der Waals surface area contributed by atoms with E-state index in [1.165, 1.54) is 6.26 Å². The van der Waals surface area contributed by atoms with Gasteiger partial charge < -0.3 is 9.15 Å². The van der Waals surface area contributed by atoms with Crippen LogP contribution in [0.5, 0.6) is 5.75 Å². The van der Waals surface area contributed by atoms with Gasteiger partial charge >= 0.3 is 0 Å². The van der Waals surface area contributed by atoms with Gasteiger partial charge in [-0.15, -0.1) is 5.10 Å². The zero-order chi connectivity index (χ0) is 14.7. The topological polar surface area (TPSA) is 70.2 Å². The molecule has 3 rings (SSSR count). The van der Waals surface area contributed by atoms with Crippen LogP contribution in [-0.2, 0) is 0 Å². The Morgan fingerprint density at radius 2 is 2.14 bits per heavy atom. The number of rotatable bonds is 5. The van der Waals surface area contributed by atoms with Crippen LogP contribution in [-0.4, -0.2) is 27.9 Å². The van der Waals surface area contributed by atoms with Crippen LogP contribution in [0, 0.1) is 0 Å². The first-order chi connectivity index (χ1) is 10.3. The van der Waals surface area contributed by atoms with Crippen LogP contribution >= 0.6 is 0 Å². The van der Waals surface area contributed by atoms with Crippen molar-refractivity contribution in [2.24, 2.45) is 0 Å². The normalized spacial score (nSPS) is 10.5. The molecule has 2 aromatic heterocycles. The highest BCUT2D eigenvalue weighted by molar-refractivity contribution is 5.82. The Balaban J connectivity index is 2.20. The third kappa shape index (κ3) is 2.31. The number of nitrogens with zero attached hydrogens (tertiary/aromatic N) is 3. The summed E-state index contributed by atoms with van der Waals surface area (Å²) in [5.74, 6) is 1.18. The molecule has 0 aliphatic heterocycles. The lowest BCUT2D eigenvalue weighted by molar-refractivity contribution is 0.111. The molecule has 3 aromatic rings. The number of carbonyl (C=O) groups excluding carboxylic acids is 1. The standard InChI is InChI=1S/C15H13N3O3/c1-2-20-13-7-4-3-6-12(13)18-15(11(10-19)16-17-18)14-8-5-9-21-14/h3-10H,2H2,1H3. The van der Waals surface area contributed by atoms with Crippen LogP contribution in [0.4, 0.5) is 0 Å². The monoisotopic (exact) mass is 283 g/mol. The van der Waals surface area contributed by atoms with E-state index in [2.05, 4.69) is 10.3 Å². The number of benzene rings is 1. The maximum absolute atomic E-state index is 11.2. The van der Waals surface area contributed by atoms with Gasteiger partial charge in [0.1, 0.15) is 17.1 Å². The van der Waals surface area contributed by atoms with Gasteiger partial charge in [0.25, 0.3) is 0 Å². The van der Waals surface area contributed by atoms with Gasteiger partial charge in [-0.25, -0.2) is 4.68 Å². The molecule has 0 aliphatic carbocycles. The number of hydrogen-bond donors (Lipinski definition) is 0. The van der Waals surface area contributed by atoms with Gasteiger partial charge in [0.15, 0.2) is 17.7 Å². The second-order valence-corrected chi connectivity index (χ2v) is 4.23. The summed E-state index contributed by atoms with van der Waals surface area (Å²) in [5, 5.41) is 7.95. The number of ether oxygens (including phenoxy) is 1. The summed E-state index contributed by atoms with van der Waals surface area (Å²) < 4.78 is 12.5. The molecular formula is C15H13N3O3. The van der Waals surface area contributed by atoms with Gasteiger partial charge in [-0.1, -0.05) is 17.3 Å². The zero-order valence-corrected chi connectivity index (χ0v) is 11.4. The van der Waals surface area contributed by atoms with Gasteiger partial charge in [0.05, 0.1) is 12.9 Å². The van der Waals surface area contributed by atoms with E-state index < -0.39 is 0 Å². The minimum Gasteiger partial charge on any atom is -0.492 e. The van der Waals surface area contributed by atoms with E-state index in [9.17, 15) is 4.79 Å². The Morgan fingerprint density at radius 1 is 1.29 bits per heavy atom. The molecule has 6 nitrogen and oxygen atoms in total. The molecule has 0 unspecified atom stereocenters. The molecule has 0 aliphatic rings. The Hall–Kier alpha value is -2.89. The second-order valence-electron chi connectivity index (χ2n) is 4.23. The van der Waals surface area contributed by atoms with E-state index in [0.29, 0.717) is 35.8 Å². The summed E-state index contributed by atoms with van der Waals surface area (Å²) in [7, 11) is 0. The van der Waals surface area contributed by atoms with E-state index in [-0.39, 0.29) is 5.69 Å². The summed E-state index contributed by atoms with van der Waals surface area (Å²) in [4.78, 5) is 11.2. The van der Waals surface area contributed by atoms with Crippen molar-refractivity contribution in [3.63, 3.8) is 0 Å². The fourth-order valence-electron chi connectivity index (χ4n) is 2.10. The lowest BCUT2D eigenvalue weighted by atomic mass is 10.2.